The van der Waals surface area contributed by atoms with Crippen LogP contribution in [0.2, 0.25) is 0 Å². The smallest absolute Gasteiger partial charge is 0.305 e. The lowest BCUT2D eigenvalue weighted by Gasteiger charge is -2.02. The van der Waals surface area contributed by atoms with Crippen LogP contribution in [0, 0.1) is 11.7 Å². The van der Waals surface area contributed by atoms with E-state index < -0.39 is 5.82 Å². The van der Waals surface area contributed by atoms with Crippen LogP contribution in [0.4, 0.5) is 4.39 Å². The predicted molar refractivity (Wildman–Crippen MR) is 55.5 cm³/mol. The molecule has 2 atom stereocenters. The Morgan fingerprint density at radius 2 is 2.38 bits per heavy atom. The Morgan fingerprint density at radius 1 is 1.62 bits per heavy atom. The lowest BCUT2D eigenvalue weighted by atomic mass is 10.1. The Balaban J connectivity index is 2.00. The number of hydrogen-bond donors (Lipinski definition) is 1. The minimum atomic E-state index is -0.610. The molecule has 3 nitrogen and oxygen atoms in total. The molecule has 0 heterocycles. The van der Waals surface area contributed by atoms with Gasteiger partial charge in [0.2, 0.25) is 0 Å². The number of rotatable bonds is 3. The molecule has 1 aromatic carbocycles. The van der Waals surface area contributed by atoms with Crippen LogP contribution < -0.4 is 0 Å². The number of benzene rings is 1. The van der Waals surface area contributed by atoms with E-state index in [2.05, 4.69) is 4.74 Å². The highest BCUT2D eigenvalue weighted by atomic mass is 19.1. The standard InChI is InChI=1S/C12H13FO3/c1-16-12(15)6-8-4-9(8)7-2-3-11(14)10(13)5-7/h2-3,5,8-9,14H,4,6H2,1H3. The first kappa shape index (κ1) is 10.9. The minimum Gasteiger partial charge on any atom is -0.505 e. The van der Waals surface area contributed by atoms with Crippen molar-refractivity contribution in [2.45, 2.75) is 18.8 Å². The van der Waals surface area contributed by atoms with E-state index in [0.29, 0.717) is 6.42 Å². The van der Waals surface area contributed by atoms with Crippen LogP contribution in [0.15, 0.2) is 18.2 Å². The van der Waals surface area contributed by atoms with Gasteiger partial charge < -0.3 is 9.84 Å². The van der Waals surface area contributed by atoms with E-state index in [-0.39, 0.29) is 23.6 Å². The normalized spacial score (nSPS) is 22.9. The van der Waals surface area contributed by atoms with Crippen molar-refractivity contribution in [3.63, 3.8) is 0 Å². The zero-order valence-corrected chi connectivity index (χ0v) is 8.94. The number of phenolic OH excluding ortho intramolecular Hbond substituents is 1. The van der Waals surface area contributed by atoms with Crippen LogP contribution in [0.1, 0.15) is 24.3 Å². The maximum atomic E-state index is 13.1. The van der Waals surface area contributed by atoms with E-state index in [1.54, 1.807) is 6.07 Å². The summed E-state index contributed by atoms with van der Waals surface area (Å²) in [7, 11) is 1.36. The number of ether oxygens (including phenoxy) is 1. The first-order chi connectivity index (χ1) is 7.61. The topological polar surface area (TPSA) is 46.5 Å². The molecule has 0 radical (unpaired) electrons. The van der Waals surface area contributed by atoms with E-state index >= 15 is 0 Å². The van der Waals surface area contributed by atoms with Gasteiger partial charge in [-0.1, -0.05) is 6.07 Å². The molecular formula is C12H13FO3. The zero-order valence-electron chi connectivity index (χ0n) is 8.94. The predicted octanol–water partition coefficient (Wildman–Crippen LogP) is 2.20. The molecule has 0 amide bonds. The van der Waals surface area contributed by atoms with Gasteiger partial charge in [0.1, 0.15) is 0 Å². The number of carbonyl (C=O) groups is 1. The van der Waals surface area contributed by atoms with Crippen LogP contribution in [-0.4, -0.2) is 18.2 Å². The number of esters is 1. The summed E-state index contributed by atoms with van der Waals surface area (Å²) in [6, 6.07) is 4.37. The van der Waals surface area contributed by atoms with Crippen molar-refractivity contribution in [2.24, 2.45) is 5.92 Å². The second-order valence-electron chi connectivity index (χ2n) is 4.09. The average molecular weight is 224 g/mol. The van der Waals surface area contributed by atoms with Crippen LogP contribution in [0.3, 0.4) is 0 Å². The second-order valence-corrected chi connectivity index (χ2v) is 4.09. The SMILES string of the molecule is COC(=O)CC1CC1c1ccc(O)c(F)c1. The van der Waals surface area contributed by atoms with Crippen LogP contribution in [0.25, 0.3) is 0 Å². The van der Waals surface area contributed by atoms with Crippen molar-refractivity contribution in [3.05, 3.63) is 29.6 Å². The molecule has 1 fully saturated rings. The van der Waals surface area contributed by atoms with E-state index in [0.717, 1.165) is 12.0 Å². The Hall–Kier alpha value is -1.58. The number of phenols is 1. The summed E-state index contributed by atoms with van der Waals surface area (Å²) in [5.74, 6) is -0.715. The first-order valence-electron chi connectivity index (χ1n) is 5.17. The van der Waals surface area contributed by atoms with Gasteiger partial charge in [-0.2, -0.15) is 0 Å². The highest BCUT2D eigenvalue weighted by molar-refractivity contribution is 5.70. The molecule has 1 aliphatic carbocycles. The fraction of sp³-hybridized carbons (Fsp3) is 0.417. The summed E-state index contributed by atoms with van der Waals surface area (Å²) >= 11 is 0. The average Bonchev–Trinajstić information content (AvgIpc) is 3.01. The Labute approximate surface area is 92.9 Å². The van der Waals surface area contributed by atoms with Crippen molar-refractivity contribution in [2.75, 3.05) is 7.11 Å². The molecule has 16 heavy (non-hydrogen) atoms. The molecule has 1 aliphatic rings. The van der Waals surface area contributed by atoms with E-state index in [1.165, 1.54) is 19.2 Å². The van der Waals surface area contributed by atoms with Gasteiger partial charge in [-0.05, 0) is 36.0 Å². The number of halogens is 1. The summed E-state index contributed by atoms with van der Waals surface area (Å²) in [4.78, 5) is 11.0. The van der Waals surface area contributed by atoms with Crippen molar-refractivity contribution in [1.29, 1.82) is 0 Å². The molecule has 0 spiro atoms. The van der Waals surface area contributed by atoms with Gasteiger partial charge in [0, 0.05) is 6.42 Å². The van der Waals surface area contributed by atoms with Crippen LogP contribution in [0.5, 0.6) is 5.75 Å². The fourth-order valence-electron chi connectivity index (χ4n) is 1.93. The Morgan fingerprint density at radius 3 is 3.00 bits per heavy atom. The molecule has 1 saturated carbocycles. The summed E-state index contributed by atoms with van der Waals surface area (Å²) in [6.45, 7) is 0. The van der Waals surface area contributed by atoms with Gasteiger partial charge in [-0.3, -0.25) is 4.79 Å². The quantitative estimate of drug-likeness (QED) is 0.800. The number of methoxy groups -OCH3 is 1. The molecule has 0 saturated heterocycles. The second kappa shape index (κ2) is 4.12. The summed E-state index contributed by atoms with van der Waals surface area (Å²) in [5, 5.41) is 9.05. The van der Waals surface area contributed by atoms with E-state index in [9.17, 15) is 9.18 Å². The maximum absolute atomic E-state index is 13.1. The van der Waals surface area contributed by atoms with E-state index in [1.807, 2.05) is 0 Å². The molecule has 0 bridgehead atoms. The summed E-state index contributed by atoms with van der Waals surface area (Å²) in [5.41, 5.74) is 0.837. The van der Waals surface area contributed by atoms with Crippen LogP contribution in [-0.2, 0) is 9.53 Å². The molecule has 4 heteroatoms. The van der Waals surface area contributed by atoms with Gasteiger partial charge >= 0.3 is 5.97 Å². The molecule has 0 aromatic heterocycles. The summed E-state index contributed by atoms with van der Waals surface area (Å²) in [6.07, 6.45) is 1.25. The lowest BCUT2D eigenvalue weighted by Crippen LogP contribution is -2.01. The third-order valence-corrected chi connectivity index (χ3v) is 2.98. The van der Waals surface area contributed by atoms with E-state index in [4.69, 9.17) is 5.11 Å². The third-order valence-electron chi connectivity index (χ3n) is 2.98. The zero-order chi connectivity index (χ0) is 11.7. The minimum absolute atomic E-state index is 0.217. The fourth-order valence-corrected chi connectivity index (χ4v) is 1.93. The lowest BCUT2D eigenvalue weighted by molar-refractivity contribution is -0.141. The van der Waals surface area contributed by atoms with Gasteiger partial charge in [-0.25, -0.2) is 4.39 Å². The molecule has 1 aromatic rings. The molecular weight excluding hydrogens is 211 g/mol. The third kappa shape index (κ3) is 2.15. The van der Waals surface area contributed by atoms with Crippen LogP contribution >= 0.6 is 0 Å². The van der Waals surface area contributed by atoms with Crippen molar-refractivity contribution < 1.29 is 19.0 Å². The van der Waals surface area contributed by atoms with Gasteiger partial charge in [0.15, 0.2) is 11.6 Å². The Kier molecular flexibility index (Phi) is 2.81. The molecule has 2 rings (SSSR count). The number of carbonyl (C=O) groups excluding carboxylic acids is 1. The summed E-state index contributed by atoms with van der Waals surface area (Å²) < 4.78 is 17.7. The maximum Gasteiger partial charge on any atom is 0.305 e. The molecule has 2 unspecified atom stereocenters. The monoisotopic (exact) mass is 224 g/mol. The van der Waals surface area contributed by atoms with Gasteiger partial charge in [-0.15, -0.1) is 0 Å². The molecule has 1 N–H and O–H groups in total. The van der Waals surface area contributed by atoms with Crippen molar-refractivity contribution in [1.82, 2.24) is 0 Å². The highest BCUT2D eigenvalue weighted by Crippen LogP contribution is 2.50. The largest absolute Gasteiger partial charge is 0.505 e. The number of aromatic hydroxyl groups is 1. The van der Waals surface area contributed by atoms with Gasteiger partial charge in [0.05, 0.1) is 7.11 Å². The van der Waals surface area contributed by atoms with Gasteiger partial charge in [0.25, 0.3) is 0 Å². The van der Waals surface area contributed by atoms with Crippen molar-refractivity contribution >= 4 is 5.97 Å². The molecule has 86 valence electrons. The first-order valence-corrected chi connectivity index (χ1v) is 5.17. The number of hydrogen-bond acceptors (Lipinski definition) is 3. The highest BCUT2D eigenvalue weighted by Gasteiger charge is 2.40. The van der Waals surface area contributed by atoms with Crippen molar-refractivity contribution in [3.8, 4) is 5.75 Å². The Bertz CT molecular complexity index is 417. The molecule has 0 aliphatic heterocycles.